The Morgan fingerprint density at radius 2 is 1.92 bits per heavy atom. The smallest absolute Gasteiger partial charge is 0.235 e. The van der Waals surface area contributed by atoms with Crippen LogP contribution in [0, 0.1) is 5.41 Å². The Morgan fingerprint density at radius 3 is 2.33 bits per heavy atom. The van der Waals surface area contributed by atoms with Crippen molar-refractivity contribution in [3.63, 3.8) is 0 Å². The molecule has 5 heteroatoms. The molecule has 12 heavy (non-hydrogen) atoms. The normalized spacial score (nSPS) is 25.7. The van der Waals surface area contributed by atoms with E-state index in [4.69, 9.17) is 0 Å². The SMILES string of the molecule is Cl.O=C1CCC2(CNC2)C(=O)N1. The first-order valence-electron chi connectivity index (χ1n) is 3.78. The van der Waals surface area contributed by atoms with Crippen LogP contribution in [-0.4, -0.2) is 24.9 Å². The Morgan fingerprint density at radius 1 is 1.25 bits per heavy atom. The maximum atomic E-state index is 11.2. The van der Waals surface area contributed by atoms with Crippen LogP contribution in [0.3, 0.4) is 0 Å². The van der Waals surface area contributed by atoms with Crippen molar-refractivity contribution in [3.8, 4) is 0 Å². The Kier molecular flexibility index (Phi) is 2.39. The molecule has 2 fully saturated rings. The van der Waals surface area contributed by atoms with Crippen molar-refractivity contribution in [2.75, 3.05) is 13.1 Å². The number of carbonyl (C=O) groups is 2. The quantitative estimate of drug-likeness (QED) is 0.504. The van der Waals surface area contributed by atoms with Gasteiger partial charge in [0.05, 0.1) is 5.41 Å². The maximum absolute atomic E-state index is 11.2. The number of carbonyl (C=O) groups excluding carboxylic acids is 2. The first-order chi connectivity index (χ1) is 5.23. The van der Waals surface area contributed by atoms with Crippen molar-refractivity contribution in [2.45, 2.75) is 12.8 Å². The van der Waals surface area contributed by atoms with E-state index in [9.17, 15) is 9.59 Å². The summed E-state index contributed by atoms with van der Waals surface area (Å²) in [6.45, 7) is 1.46. The zero-order chi connectivity index (χ0) is 7.90. The summed E-state index contributed by atoms with van der Waals surface area (Å²) in [6.07, 6.45) is 1.21. The summed E-state index contributed by atoms with van der Waals surface area (Å²) >= 11 is 0. The third-order valence-electron chi connectivity index (χ3n) is 2.49. The second kappa shape index (κ2) is 3.03. The Hall–Kier alpha value is -0.610. The minimum atomic E-state index is -0.242. The Balaban J connectivity index is 0.000000720. The zero-order valence-corrected chi connectivity index (χ0v) is 7.37. The highest BCUT2D eigenvalue weighted by molar-refractivity contribution is 6.01. The van der Waals surface area contributed by atoms with E-state index in [2.05, 4.69) is 10.6 Å². The largest absolute Gasteiger partial charge is 0.314 e. The minimum absolute atomic E-state index is 0. The molecule has 2 amide bonds. The summed E-state index contributed by atoms with van der Waals surface area (Å²) in [4.78, 5) is 22.0. The van der Waals surface area contributed by atoms with Gasteiger partial charge in [0.15, 0.2) is 0 Å². The lowest BCUT2D eigenvalue weighted by molar-refractivity contribution is -0.144. The number of halogens is 1. The van der Waals surface area contributed by atoms with Crippen molar-refractivity contribution in [2.24, 2.45) is 5.41 Å². The van der Waals surface area contributed by atoms with E-state index >= 15 is 0 Å². The highest BCUT2D eigenvalue weighted by Gasteiger charge is 2.47. The number of hydrogen-bond acceptors (Lipinski definition) is 3. The van der Waals surface area contributed by atoms with Gasteiger partial charge in [-0.3, -0.25) is 14.9 Å². The van der Waals surface area contributed by atoms with Crippen LogP contribution in [-0.2, 0) is 9.59 Å². The van der Waals surface area contributed by atoms with E-state index in [-0.39, 0.29) is 29.6 Å². The van der Waals surface area contributed by atoms with E-state index < -0.39 is 0 Å². The van der Waals surface area contributed by atoms with Gasteiger partial charge in [0.1, 0.15) is 0 Å². The van der Waals surface area contributed by atoms with Crippen molar-refractivity contribution >= 4 is 24.2 Å². The maximum Gasteiger partial charge on any atom is 0.235 e. The van der Waals surface area contributed by atoms with Crippen LogP contribution < -0.4 is 10.6 Å². The van der Waals surface area contributed by atoms with Crippen molar-refractivity contribution in [1.29, 1.82) is 0 Å². The summed E-state index contributed by atoms with van der Waals surface area (Å²) in [6, 6.07) is 0. The molecule has 2 saturated heterocycles. The van der Waals surface area contributed by atoms with E-state index in [1.54, 1.807) is 0 Å². The predicted octanol–water partition coefficient (Wildman–Crippen LogP) is -0.566. The van der Waals surface area contributed by atoms with Crippen LogP contribution in [0.4, 0.5) is 0 Å². The van der Waals surface area contributed by atoms with Gasteiger partial charge in [-0.25, -0.2) is 0 Å². The molecule has 0 unspecified atom stereocenters. The fourth-order valence-electron chi connectivity index (χ4n) is 1.55. The van der Waals surface area contributed by atoms with Gasteiger partial charge < -0.3 is 5.32 Å². The lowest BCUT2D eigenvalue weighted by Gasteiger charge is -2.42. The first-order valence-corrected chi connectivity index (χ1v) is 3.78. The fraction of sp³-hybridized carbons (Fsp3) is 0.714. The second-order valence-electron chi connectivity index (χ2n) is 3.26. The molecule has 0 aromatic heterocycles. The lowest BCUT2D eigenvalue weighted by Crippen LogP contribution is -2.64. The van der Waals surface area contributed by atoms with Gasteiger partial charge in [0, 0.05) is 19.5 Å². The lowest BCUT2D eigenvalue weighted by atomic mass is 9.75. The molecule has 0 saturated carbocycles. The second-order valence-corrected chi connectivity index (χ2v) is 3.26. The molecule has 0 radical (unpaired) electrons. The summed E-state index contributed by atoms with van der Waals surface area (Å²) in [7, 11) is 0. The van der Waals surface area contributed by atoms with Gasteiger partial charge in [-0.2, -0.15) is 0 Å². The van der Waals surface area contributed by atoms with Crippen LogP contribution in [0.5, 0.6) is 0 Å². The molecule has 0 aromatic rings. The summed E-state index contributed by atoms with van der Waals surface area (Å²) in [5.74, 6) is -0.222. The highest BCUT2D eigenvalue weighted by atomic mass is 35.5. The van der Waals surface area contributed by atoms with Gasteiger partial charge in [-0.1, -0.05) is 0 Å². The number of hydrogen-bond donors (Lipinski definition) is 2. The molecule has 0 bridgehead atoms. The fourth-order valence-corrected chi connectivity index (χ4v) is 1.55. The van der Waals surface area contributed by atoms with Gasteiger partial charge >= 0.3 is 0 Å². The molecular weight excluding hydrogens is 180 g/mol. The van der Waals surface area contributed by atoms with Crippen LogP contribution >= 0.6 is 12.4 Å². The predicted molar refractivity (Wildman–Crippen MR) is 44.9 cm³/mol. The average Bonchev–Trinajstić information content (AvgIpc) is 1.84. The summed E-state index contributed by atoms with van der Waals surface area (Å²) < 4.78 is 0. The molecule has 2 aliphatic rings. The molecule has 0 atom stereocenters. The third kappa shape index (κ3) is 1.21. The van der Waals surface area contributed by atoms with Gasteiger partial charge in [0.25, 0.3) is 0 Å². The molecule has 68 valence electrons. The molecule has 4 nitrogen and oxygen atoms in total. The molecular formula is C7H11ClN2O2. The minimum Gasteiger partial charge on any atom is -0.314 e. The monoisotopic (exact) mass is 190 g/mol. The Bertz CT molecular complexity index is 225. The summed E-state index contributed by atoms with van der Waals surface area (Å²) in [5, 5.41) is 5.40. The van der Waals surface area contributed by atoms with E-state index in [1.165, 1.54) is 0 Å². The Labute approximate surface area is 76.5 Å². The molecule has 2 heterocycles. The zero-order valence-electron chi connectivity index (χ0n) is 6.55. The first kappa shape index (κ1) is 9.48. The molecule has 2 rings (SSSR count). The molecule has 1 spiro atoms. The van der Waals surface area contributed by atoms with Gasteiger partial charge in [-0.15, -0.1) is 12.4 Å². The van der Waals surface area contributed by atoms with Gasteiger partial charge in [0.2, 0.25) is 11.8 Å². The molecule has 2 N–H and O–H groups in total. The highest BCUT2D eigenvalue weighted by Crippen LogP contribution is 2.31. The van der Waals surface area contributed by atoms with Crippen molar-refractivity contribution in [1.82, 2.24) is 10.6 Å². The van der Waals surface area contributed by atoms with Crippen LogP contribution in [0.2, 0.25) is 0 Å². The molecule has 2 aliphatic heterocycles. The van der Waals surface area contributed by atoms with E-state index in [0.717, 1.165) is 13.1 Å². The van der Waals surface area contributed by atoms with E-state index in [0.29, 0.717) is 12.8 Å². The number of nitrogens with one attached hydrogen (secondary N) is 2. The standard InChI is InChI=1S/C7H10N2O2.ClH/c10-5-1-2-7(3-8-4-7)6(11)9-5;/h8H,1-4H2,(H,9,10,11);1H. The van der Waals surface area contributed by atoms with Crippen LogP contribution in [0.15, 0.2) is 0 Å². The molecule has 0 aromatic carbocycles. The number of amides is 2. The van der Waals surface area contributed by atoms with Gasteiger partial charge in [-0.05, 0) is 6.42 Å². The molecule has 0 aliphatic carbocycles. The number of rotatable bonds is 0. The number of imide groups is 1. The van der Waals surface area contributed by atoms with Crippen molar-refractivity contribution < 1.29 is 9.59 Å². The number of piperidine rings is 1. The van der Waals surface area contributed by atoms with E-state index in [1.807, 2.05) is 0 Å². The topological polar surface area (TPSA) is 58.2 Å². The van der Waals surface area contributed by atoms with Crippen LogP contribution in [0.25, 0.3) is 0 Å². The average molecular weight is 191 g/mol. The third-order valence-corrected chi connectivity index (χ3v) is 2.49. The van der Waals surface area contributed by atoms with Crippen molar-refractivity contribution in [3.05, 3.63) is 0 Å². The van der Waals surface area contributed by atoms with Crippen LogP contribution in [0.1, 0.15) is 12.8 Å². The summed E-state index contributed by atoms with van der Waals surface area (Å²) in [5.41, 5.74) is -0.242.